The number of pyridine rings is 3. The van der Waals surface area contributed by atoms with Gasteiger partial charge in [-0.2, -0.15) is 0 Å². The van der Waals surface area contributed by atoms with Crippen molar-refractivity contribution in [1.82, 2.24) is 28.8 Å². The Balaban J connectivity index is 1.25. The number of aryl methyl sites for hydroxylation is 2. The third-order valence-electron chi connectivity index (χ3n) is 9.41. The molecule has 0 radical (unpaired) electrons. The maximum Gasteiger partial charge on any atom is 0.258 e. The second-order valence-corrected chi connectivity index (χ2v) is 12.2. The van der Waals surface area contributed by atoms with E-state index in [1.807, 2.05) is 53.5 Å². The van der Waals surface area contributed by atoms with E-state index < -0.39 is 0 Å². The van der Waals surface area contributed by atoms with Crippen LogP contribution in [-0.2, 0) is 6.54 Å². The van der Waals surface area contributed by atoms with Crippen molar-refractivity contribution in [3.63, 3.8) is 0 Å². The van der Waals surface area contributed by atoms with Crippen LogP contribution in [0.3, 0.4) is 0 Å². The average Bonchev–Trinajstić information content (AvgIpc) is 3.35. The van der Waals surface area contributed by atoms with Crippen molar-refractivity contribution < 1.29 is 14.3 Å². The second kappa shape index (κ2) is 9.92. The van der Waals surface area contributed by atoms with Crippen LogP contribution < -0.4 is 15.2 Å². The Bertz CT molecular complexity index is 2020. The summed E-state index contributed by atoms with van der Waals surface area (Å²) in [7, 11) is 3.25. The second-order valence-electron chi connectivity index (χ2n) is 12.2. The van der Waals surface area contributed by atoms with Crippen LogP contribution in [0.25, 0.3) is 39.3 Å². The van der Waals surface area contributed by atoms with Crippen molar-refractivity contribution in [2.45, 2.75) is 58.2 Å². The molecular formula is C34H35N7O3. The smallest absolute Gasteiger partial charge is 0.258 e. The highest BCUT2D eigenvalue weighted by molar-refractivity contribution is 5.98. The lowest BCUT2D eigenvalue weighted by Crippen LogP contribution is -2.31. The molecule has 5 aromatic heterocycles. The van der Waals surface area contributed by atoms with Gasteiger partial charge in [0.15, 0.2) is 5.88 Å². The Morgan fingerprint density at radius 2 is 1.86 bits per heavy atom. The molecular weight excluding hydrogens is 554 g/mol. The maximum atomic E-state index is 13.7. The highest BCUT2D eigenvalue weighted by Gasteiger charge is 2.42. The lowest BCUT2D eigenvalue weighted by molar-refractivity contribution is 0.0792. The molecule has 10 nitrogen and oxygen atoms in total. The summed E-state index contributed by atoms with van der Waals surface area (Å²) >= 11 is 0. The molecule has 0 spiro atoms. The molecule has 224 valence electrons. The van der Waals surface area contributed by atoms with Crippen LogP contribution in [-0.4, -0.2) is 61.0 Å². The molecule has 2 N–H and O–H groups in total. The van der Waals surface area contributed by atoms with Gasteiger partial charge in [0.05, 0.1) is 37.0 Å². The van der Waals surface area contributed by atoms with E-state index in [4.69, 9.17) is 25.2 Å². The van der Waals surface area contributed by atoms with E-state index in [0.717, 1.165) is 70.1 Å². The number of aromatic nitrogens is 5. The summed E-state index contributed by atoms with van der Waals surface area (Å²) in [6.07, 6.45) is 6.17. The van der Waals surface area contributed by atoms with Gasteiger partial charge in [0.2, 0.25) is 5.88 Å². The van der Waals surface area contributed by atoms with Crippen LogP contribution in [0.1, 0.15) is 47.4 Å². The number of hydrogen-bond donors (Lipinski definition) is 1. The van der Waals surface area contributed by atoms with E-state index in [9.17, 15) is 4.79 Å². The molecule has 44 heavy (non-hydrogen) atoms. The van der Waals surface area contributed by atoms with Crippen molar-refractivity contribution in [2.24, 2.45) is 11.7 Å². The fraction of sp³-hybridized carbons (Fsp3) is 0.353. The molecule has 7 heterocycles. The van der Waals surface area contributed by atoms with Gasteiger partial charge in [-0.3, -0.25) is 9.20 Å². The van der Waals surface area contributed by atoms with E-state index in [1.54, 1.807) is 14.2 Å². The molecule has 1 saturated carbocycles. The van der Waals surface area contributed by atoms with Crippen LogP contribution in [0.2, 0.25) is 0 Å². The largest absolute Gasteiger partial charge is 0.482 e. The van der Waals surface area contributed by atoms with E-state index in [-0.39, 0.29) is 18.0 Å². The predicted molar refractivity (Wildman–Crippen MR) is 168 cm³/mol. The summed E-state index contributed by atoms with van der Waals surface area (Å²) in [5, 5.41) is 1.05. The number of amides is 1. The van der Waals surface area contributed by atoms with Gasteiger partial charge >= 0.3 is 0 Å². The normalized spacial score (nSPS) is 19.3. The monoisotopic (exact) mass is 589 g/mol. The fourth-order valence-corrected chi connectivity index (χ4v) is 6.97. The third kappa shape index (κ3) is 4.11. The van der Waals surface area contributed by atoms with Gasteiger partial charge in [0, 0.05) is 53.0 Å². The Labute approximate surface area is 255 Å². The van der Waals surface area contributed by atoms with Crippen LogP contribution >= 0.6 is 0 Å². The van der Waals surface area contributed by atoms with E-state index in [0.29, 0.717) is 28.9 Å². The molecule has 2 aliphatic heterocycles. The van der Waals surface area contributed by atoms with Crippen molar-refractivity contribution in [1.29, 1.82) is 0 Å². The van der Waals surface area contributed by atoms with Crippen molar-refractivity contribution in [2.75, 3.05) is 14.2 Å². The molecule has 2 atom stereocenters. The SMILES string of the molecule is COc1ccc(-c2ccc3cc(-c4nc5cc(C(=O)N6C7=CC[C@H]6C[C@H]7N)cc(OC)n5c4C)n(CC4CC4)c3n2)c(C)n1. The number of methoxy groups -OCH3 is 2. The maximum absolute atomic E-state index is 13.7. The molecule has 10 heteroatoms. The first-order chi connectivity index (χ1) is 21.3. The molecule has 0 aromatic carbocycles. The number of imidazole rings is 1. The number of nitrogens with zero attached hydrogens (tertiary/aromatic N) is 6. The van der Waals surface area contributed by atoms with E-state index in [2.05, 4.69) is 27.8 Å². The highest BCUT2D eigenvalue weighted by Crippen LogP contribution is 2.40. The molecule has 3 aliphatic rings. The molecule has 1 aliphatic carbocycles. The number of rotatable bonds is 7. The number of hydrogen-bond acceptors (Lipinski definition) is 7. The number of carbonyl (C=O) groups excluding carboxylic acids is 1. The van der Waals surface area contributed by atoms with Gasteiger partial charge in [-0.25, -0.2) is 15.0 Å². The van der Waals surface area contributed by atoms with Gasteiger partial charge in [-0.15, -0.1) is 0 Å². The summed E-state index contributed by atoms with van der Waals surface area (Å²) in [6.45, 7) is 4.90. The summed E-state index contributed by atoms with van der Waals surface area (Å²) in [6, 6.07) is 14.0. The Morgan fingerprint density at radius 3 is 2.55 bits per heavy atom. The molecule has 2 fully saturated rings. The zero-order chi connectivity index (χ0) is 30.3. The van der Waals surface area contributed by atoms with Crippen molar-refractivity contribution in [3.05, 3.63) is 71.2 Å². The molecule has 2 bridgehead atoms. The lowest BCUT2D eigenvalue weighted by atomic mass is 10.0. The van der Waals surface area contributed by atoms with E-state index >= 15 is 0 Å². The zero-order valence-corrected chi connectivity index (χ0v) is 25.4. The van der Waals surface area contributed by atoms with E-state index in [1.165, 1.54) is 12.8 Å². The van der Waals surface area contributed by atoms with Gasteiger partial charge in [-0.05, 0) is 75.8 Å². The number of nitrogens with two attached hydrogens (primary N) is 1. The first-order valence-electron chi connectivity index (χ1n) is 15.2. The summed E-state index contributed by atoms with van der Waals surface area (Å²) in [5.74, 6) is 1.71. The standard InChI is InChI=1S/C34H35N7O3/c1-18-24(9-12-30(36-18)43-3)26-10-7-21-13-28(39(33(21)37-26)17-20-5-6-20)32-19(2)40-29(38-32)14-22(15-31(40)44-4)34(42)41-23-8-11-27(41)25(35)16-23/h7,9-15,20,23,25H,5-6,8,16-17,35H2,1-4H3/t23-,25+/m0/s1. The van der Waals surface area contributed by atoms with Crippen LogP contribution in [0, 0.1) is 19.8 Å². The average molecular weight is 590 g/mol. The van der Waals surface area contributed by atoms with Crippen LogP contribution in [0.15, 0.2) is 54.2 Å². The third-order valence-corrected chi connectivity index (χ3v) is 9.41. The Morgan fingerprint density at radius 1 is 1.02 bits per heavy atom. The van der Waals surface area contributed by atoms with Gasteiger partial charge < -0.3 is 24.7 Å². The summed E-state index contributed by atoms with van der Waals surface area (Å²) < 4.78 is 15.4. The fourth-order valence-electron chi connectivity index (χ4n) is 6.97. The first kappa shape index (κ1) is 26.9. The van der Waals surface area contributed by atoms with Gasteiger partial charge in [-0.1, -0.05) is 6.08 Å². The lowest BCUT2D eigenvalue weighted by Gasteiger charge is -2.20. The van der Waals surface area contributed by atoms with Crippen molar-refractivity contribution in [3.8, 4) is 34.4 Å². The summed E-state index contributed by atoms with van der Waals surface area (Å²) in [4.78, 5) is 30.5. The first-order valence-corrected chi connectivity index (χ1v) is 15.2. The van der Waals surface area contributed by atoms with Crippen LogP contribution in [0.5, 0.6) is 11.8 Å². The van der Waals surface area contributed by atoms with Crippen LogP contribution in [0.4, 0.5) is 0 Å². The minimum absolute atomic E-state index is 0.0578. The quantitative estimate of drug-likeness (QED) is 0.275. The topological polar surface area (TPSA) is 113 Å². The minimum Gasteiger partial charge on any atom is -0.482 e. The Kier molecular flexibility index (Phi) is 6.06. The van der Waals surface area contributed by atoms with Crippen molar-refractivity contribution >= 4 is 22.6 Å². The summed E-state index contributed by atoms with van der Waals surface area (Å²) in [5.41, 5.74) is 14.9. The Hall–Kier alpha value is -4.70. The zero-order valence-electron chi connectivity index (χ0n) is 25.4. The molecule has 5 aromatic rings. The number of carbonyl (C=O) groups is 1. The molecule has 1 amide bonds. The number of fused-ring (bicyclic) bond motifs is 4. The van der Waals surface area contributed by atoms with Gasteiger partial charge in [0.1, 0.15) is 17.0 Å². The molecule has 8 rings (SSSR count). The minimum atomic E-state index is -0.0870. The highest BCUT2D eigenvalue weighted by atomic mass is 16.5. The molecule has 0 unspecified atom stereocenters. The van der Waals surface area contributed by atoms with Gasteiger partial charge in [0.25, 0.3) is 5.91 Å². The molecule has 1 saturated heterocycles. The predicted octanol–water partition coefficient (Wildman–Crippen LogP) is 5.29. The number of ether oxygens (including phenoxy) is 2.